The van der Waals surface area contributed by atoms with Gasteiger partial charge in [-0.25, -0.2) is 0 Å². The summed E-state index contributed by atoms with van der Waals surface area (Å²) >= 11 is 0. The molecule has 0 radical (unpaired) electrons. The normalized spacial score (nSPS) is 12.6. The van der Waals surface area contributed by atoms with Crippen molar-refractivity contribution in [1.82, 2.24) is 5.32 Å². The Balaban J connectivity index is 3.41. The second-order valence-corrected chi connectivity index (χ2v) is 24.9. The van der Waals surface area contributed by atoms with Gasteiger partial charge in [0, 0.05) is 12.8 Å². The predicted molar refractivity (Wildman–Crippen MR) is 347 cm³/mol. The Morgan fingerprint density at radius 1 is 0.354 bits per heavy atom. The molecule has 0 aliphatic carbocycles. The molecule has 0 saturated carbocycles. The van der Waals surface area contributed by atoms with E-state index in [0.717, 1.165) is 44.9 Å². The molecule has 0 aromatic carbocycles. The van der Waals surface area contributed by atoms with Crippen molar-refractivity contribution in [2.45, 2.75) is 418 Å². The molecular formula is C73H141NO5. The minimum atomic E-state index is -0.667. The molecule has 0 heterocycles. The second kappa shape index (κ2) is 68.8. The Morgan fingerprint density at radius 2 is 0.633 bits per heavy atom. The molecule has 0 saturated heterocycles. The second-order valence-electron chi connectivity index (χ2n) is 24.9. The number of carbonyl (C=O) groups excluding carboxylic acids is 2. The Kier molecular flexibility index (Phi) is 67.4. The summed E-state index contributed by atoms with van der Waals surface area (Å²) in [5, 5.41) is 23.4. The third-order valence-corrected chi connectivity index (χ3v) is 17.0. The fraction of sp³-hybridized carbons (Fsp3) is 0.918. The lowest BCUT2D eigenvalue weighted by Gasteiger charge is -2.22. The summed E-state index contributed by atoms with van der Waals surface area (Å²) in [7, 11) is 0. The summed E-state index contributed by atoms with van der Waals surface area (Å²) in [5.74, 6) is -0.0199. The smallest absolute Gasteiger partial charge is 0.305 e. The molecule has 0 aromatic heterocycles. The average Bonchev–Trinajstić information content (AvgIpc) is 3.45. The average molecular weight is 1110 g/mol. The lowest BCUT2D eigenvalue weighted by Crippen LogP contribution is -2.45. The Labute approximate surface area is 494 Å². The van der Waals surface area contributed by atoms with Gasteiger partial charge >= 0.3 is 5.97 Å². The van der Waals surface area contributed by atoms with Gasteiger partial charge in [0.2, 0.25) is 5.91 Å². The fourth-order valence-corrected chi connectivity index (χ4v) is 11.5. The molecule has 79 heavy (non-hydrogen) atoms. The third kappa shape index (κ3) is 65.4. The zero-order valence-electron chi connectivity index (χ0n) is 53.6. The molecule has 3 N–H and O–H groups in total. The number of aliphatic hydroxyl groups is 2. The predicted octanol–water partition coefficient (Wildman–Crippen LogP) is 23.3. The zero-order valence-corrected chi connectivity index (χ0v) is 53.6. The minimum absolute atomic E-state index is 0.0138. The van der Waals surface area contributed by atoms with Gasteiger partial charge in [0.05, 0.1) is 25.4 Å². The van der Waals surface area contributed by atoms with Crippen molar-refractivity contribution in [3.05, 3.63) is 24.3 Å². The molecule has 2 unspecified atom stereocenters. The van der Waals surface area contributed by atoms with E-state index >= 15 is 0 Å². The monoisotopic (exact) mass is 1110 g/mol. The first-order valence-electron chi connectivity index (χ1n) is 36.1. The minimum Gasteiger partial charge on any atom is -0.466 e. The molecule has 6 nitrogen and oxygen atoms in total. The number of carbonyl (C=O) groups is 2. The largest absolute Gasteiger partial charge is 0.466 e. The Hall–Kier alpha value is -1.66. The maximum atomic E-state index is 12.5. The van der Waals surface area contributed by atoms with E-state index in [0.29, 0.717) is 25.9 Å². The van der Waals surface area contributed by atoms with Crippen molar-refractivity contribution in [2.75, 3.05) is 13.2 Å². The number of aliphatic hydroxyl groups excluding tert-OH is 2. The first kappa shape index (κ1) is 77.3. The number of amides is 1. The molecule has 0 spiro atoms. The number of hydrogen-bond donors (Lipinski definition) is 3. The molecule has 0 aliphatic heterocycles. The van der Waals surface area contributed by atoms with E-state index in [1.54, 1.807) is 0 Å². The van der Waals surface area contributed by atoms with Gasteiger partial charge in [-0.1, -0.05) is 359 Å². The van der Waals surface area contributed by atoms with E-state index in [2.05, 4.69) is 43.5 Å². The molecule has 2 atom stereocenters. The fourth-order valence-electron chi connectivity index (χ4n) is 11.5. The van der Waals surface area contributed by atoms with Crippen molar-refractivity contribution in [3.63, 3.8) is 0 Å². The van der Waals surface area contributed by atoms with E-state index in [9.17, 15) is 19.8 Å². The molecule has 1 amide bonds. The van der Waals surface area contributed by atoms with Crippen LogP contribution in [0, 0.1) is 0 Å². The number of esters is 1. The lowest BCUT2D eigenvalue weighted by atomic mass is 10.0. The standard InChI is InChI=1S/C73H141NO5/c1-3-5-7-9-11-13-15-17-19-20-21-29-32-35-38-41-45-49-53-57-61-65-71(76)70(69-75)74-72(77)66-62-58-54-50-46-42-39-36-33-30-27-25-23-22-24-26-28-31-34-37-40-44-48-52-56-60-64-68-79-73(78)67-63-59-55-51-47-43-18-16-14-12-10-8-6-4-2/h22-23,26,28,70-71,75-76H,3-21,24-25,27,29-69H2,1-2H3,(H,74,77)/b23-22-,28-26-. The van der Waals surface area contributed by atoms with E-state index in [1.807, 2.05) is 0 Å². The maximum absolute atomic E-state index is 12.5. The van der Waals surface area contributed by atoms with Crippen LogP contribution in [0.1, 0.15) is 406 Å². The van der Waals surface area contributed by atoms with E-state index in [-0.39, 0.29) is 18.5 Å². The van der Waals surface area contributed by atoms with Crippen LogP contribution in [0.5, 0.6) is 0 Å². The highest BCUT2D eigenvalue weighted by atomic mass is 16.5. The number of hydrogen-bond acceptors (Lipinski definition) is 5. The summed E-state index contributed by atoms with van der Waals surface area (Å²) in [6.45, 7) is 4.99. The quantitative estimate of drug-likeness (QED) is 0.0320. The van der Waals surface area contributed by atoms with Gasteiger partial charge in [-0.15, -0.1) is 0 Å². The number of rotatable bonds is 68. The van der Waals surface area contributed by atoms with Crippen LogP contribution in [0.3, 0.4) is 0 Å². The molecule has 6 heteroatoms. The van der Waals surface area contributed by atoms with Crippen molar-refractivity contribution >= 4 is 11.9 Å². The Morgan fingerprint density at radius 3 is 0.962 bits per heavy atom. The van der Waals surface area contributed by atoms with Crippen molar-refractivity contribution in [2.24, 2.45) is 0 Å². The van der Waals surface area contributed by atoms with Crippen LogP contribution < -0.4 is 5.32 Å². The summed E-state index contributed by atoms with van der Waals surface area (Å²) < 4.78 is 5.49. The van der Waals surface area contributed by atoms with Crippen LogP contribution in [0.15, 0.2) is 24.3 Å². The number of nitrogens with one attached hydrogen (secondary N) is 1. The topological polar surface area (TPSA) is 95.9 Å². The van der Waals surface area contributed by atoms with Crippen LogP contribution in [0.4, 0.5) is 0 Å². The van der Waals surface area contributed by atoms with Crippen LogP contribution in [0.25, 0.3) is 0 Å². The number of allylic oxidation sites excluding steroid dienone is 4. The van der Waals surface area contributed by atoms with Gasteiger partial charge in [0.25, 0.3) is 0 Å². The van der Waals surface area contributed by atoms with Crippen LogP contribution in [0.2, 0.25) is 0 Å². The number of unbranched alkanes of at least 4 members (excludes halogenated alkanes) is 53. The van der Waals surface area contributed by atoms with Crippen molar-refractivity contribution in [1.29, 1.82) is 0 Å². The highest BCUT2D eigenvalue weighted by Crippen LogP contribution is 2.19. The maximum Gasteiger partial charge on any atom is 0.305 e. The summed E-state index contributed by atoms with van der Waals surface area (Å²) in [6.07, 6.45) is 86.6. The molecule has 0 bridgehead atoms. The highest BCUT2D eigenvalue weighted by molar-refractivity contribution is 5.76. The van der Waals surface area contributed by atoms with E-state index < -0.39 is 12.1 Å². The number of ether oxygens (including phenoxy) is 1. The summed E-state index contributed by atoms with van der Waals surface area (Å²) in [6, 6.07) is -0.545. The van der Waals surface area contributed by atoms with Crippen LogP contribution >= 0.6 is 0 Å². The van der Waals surface area contributed by atoms with Gasteiger partial charge in [-0.2, -0.15) is 0 Å². The molecular weight excluding hydrogens is 971 g/mol. The van der Waals surface area contributed by atoms with Crippen LogP contribution in [-0.2, 0) is 14.3 Å². The molecule has 468 valence electrons. The van der Waals surface area contributed by atoms with Gasteiger partial charge in [0.1, 0.15) is 0 Å². The van der Waals surface area contributed by atoms with Crippen molar-refractivity contribution < 1.29 is 24.5 Å². The summed E-state index contributed by atoms with van der Waals surface area (Å²) in [5.41, 5.74) is 0. The van der Waals surface area contributed by atoms with E-state index in [4.69, 9.17) is 4.74 Å². The lowest BCUT2D eigenvalue weighted by molar-refractivity contribution is -0.143. The van der Waals surface area contributed by atoms with E-state index in [1.165, 1.54) is 327 Å². The summed E-state index contributed by atoms with van der Waals surface area (Å²) in [4.78, 5) is 24.6. The van der Waals surface area contributed by atoms with Crippen LogP contribution in [-0.4, -0.2) is 47.4 Å². The molecule has 0 fully saturated rings. The third-order valence-electron chi connectivity index (χ3n) is 17.0. The first-order chi connectivity index (χ1) is 39.0. The van der Waals surface area contributed by atoms with Gasteiger partial charge in [0.15, 0.2) is 0 Å². The molecule has 0 aliphatic rings. The highest BCUT2D eigenvalue weighted by Gasteiger charge is 2.20. The zero-order chi connectivity index (χ0) is 57.1. The van der Waals surface area contributed by atoms with Gasteiger partial charge in [-0.05, 0) is 57.8 Å². The Bertz CT molecular complexity index is 1230. The first-order valence-corrected chi connectivity index (χ1v) is 36.1. The molecule has 0 rings (SSSR count). The van der Waals surface area contributed by atoms with Gasteiger partial charge < -0.3 is 20.3 Å². The van der Waals surface area contributed by atoms with Crippen molar-refractivity contribution in [3.8, 4) is 0 Å². The SMILES string of the molecule is CCCCCCCCCCCCCCCCCCCCCCCC(O)C(CO)NC(=O)CCCCCCCCCCCCC/C=C\C/C=C\CCCCCCCCCCCOC(=O)CCCCCCCCCCCCCCCC. The van der Waals surface area contributed by atoms with Gasteiger partial charge in [-0.3, -0.25) is 9.59 Å². The molecule has 0 aromatic rings.